The van der Waals surface area contributed by atoms with Crippen molar-refractivity contribution in [2.75, 3.05) is 11.1 Å². The molecule has 0 spiro atoms. The molecule has 0 saturated carbocycles. The molecule has 2 N–H and O–H groups in total. The van der Waals surface area contributed by atoms with E-state index in [1.165, 1.54) is 48.7 Å². The fourth-order valence-corrected chi connectivity index (χ4v) is 4.31. The minimum atomic E-state index is -3.80. The fraction of sp³-hybridized carbons (Fsp3) is 0.0952. The molecule has 4 rings (SSSR count). The summed E-state index contributed by atoms with van der Waals surface area (Å²) in [7, 11) is -3.80. The highest BCUT2D eigenvalue weighted by Crippen LogP contribution is 2.24. The fourth-order valence-electron chi connectivity index (χ4n) is 2.71. The van der Waals surface area contributed by atoms with Gasteiger partial charge in [0.05, 0.1) is 23.5 Å². The Labute approximate surface area is 192 Å². The molecule has 12 heteroatoms. The molecule has 0 aliphatic carbocycles. The lowest BCUT2D eigenvalue weighted by atomic mass is 10.2. The van der Waals surface area contributed by atoms with Crippen LogP contribution in [0.25, 0.3) is 11.5 Å². The first-order valence-electron chi connectivity index (χ1n) is 9.53. The zero-order valence-electron chi connectivity index (χ0n) is 16.9. The smallest absolute Gasteiger partial charge is 0.277 e. The van der Waals surface area contributed by atoms with Crippen molar-refractivity contribution >= 4 is 33.4 Å². The van der Waals surface area contributed by atoms with Crippen LogP contribution in [0.4, 0.5) is 10.1 Å². The van der Waals surface area contributed by atoms with E-state index in [-0.39, 0.29) is 40.0 Å². The van der Waals surface area contributed by atoms with Crippen molar-refractivity contribution in [2.24, 2.45) is 0 Å². The van der Waals surface area contributed by atoms with Crippen LogP contribution in [0, 0.1) is 5.82 Å². The second-order valence-electron chi connectivity index (χ2n) is 6.65. The van der Waals surface area contributed by atoms with Crippen molar-refractivity contribution in [1.82, 2.24) is 14.9 Å². The molecule has 33 heavy (non-hydrogen) atoms. The van der Waals surface area contributed by atoms with E-state index in [2.05, 4.69) is 20.2 Å². The van der Waals surface area contributed by atoms with E-state index in [4.69, 9.17) is 8.83 Å². The second kappa shape index (κ2) is 9.98. The van der Waals surface area contributed by atoms with Gasteiger partial charge in [-0.1, -0.05) is 17.8 Å². The monoisotopic (exact) mass is 488 g/mol. The molecule has 2 heterocycles. The third-order valence-corrected chi connectivity index (χ3v) is 6.49. The van der Waals surface area contributed by atoms with Gasteiger partial charge < -0.3 is 14.2 Å². The van der Waals surface area contributed by atoms with Crippen LogP contribution in [0.15, 0.2) is 85.9 Å². The van der Waals surface area contributed by atoms with Crippen LogP contribution >= 0.6 is 11.8 Å². The number of hydrogen-bond donors (Lipinski definition) is 2. The van der Waals surface area contributed by atoms with Gasteiger partial charge in [0.15, 0.2) is 0 Å². The Morgan fingerprint density at radius 3 is 2.64 bits per heavy atom. The number of halogens is 1. The number of furan rings is 1. The van der Waals surface area contributed by atoms with Gasteiger partial charge in [0, 0.05) is 11.3 Å². The number of anilines is 1. The third-order valence-electron chi connectivity index (χ3n) is 4.27. The molecular weight excluding hydrogens is 471 g/mol. The van der Waals surface area contributed by atoms with Crippen molar-refractivity contribution in [3.8, 4) is 11.5 Å². The first kappa shape index (κ1) is 22.7. The lowest BCUT2D eigenvalue weighted by molar-refractivity contribution is -0.113. The highest BCUT2D eigenvalue weighted by molar-refractivity contribution is 7.99. The van der Waals surface area contributed by atoms with E-state index in [9.17, 15) is 17.6 Å². The highest BCUT2D eigenvalue weighted by Gasteiger charge is 2.16. The molecular formula is C21H17FN4O5S2. The van der Waals surface area contributed by atoms with Crippen LogP contribution in [-0.2, 0) is 21.4 Å². The first-order valence-corrected chi connectivity index (χ1v) is 12.0. The normalized spacial score (nSPS) is 11.4. The average Bonchev–Trinajstić information content (AvgIpc) is 3.49. The van der Waals surface area contributed by atoms with Crippen molar-refractivity contribution in [3.05, 3.63) is 78.5 Å². The lowest BCUT2D eigenvalue weighted by Crippen LogP contribution is -2.23. The summed E-state index contributed by atoms with van der Waals surface area (Å²) in [5.74, 6) is -0.130. The molecule has 0 unspecified atom stereocenters. The number of nitrogens with zero attached hydrogens (tertiary/aromatic N) is 2. The van der Waals surface area contributed by atoms with Crippen LogP contribution in [0.1, 0.15) is 5.76 Å². The summed E-state index contributed by atoms with van der Waals surface area (Å²) in [5.41, 5.74) is 0.873. The summed E-state index contributed by atoms with van der Waals surface area (Å²) in [4.78, 5) is 12.3. The van der Waals surface area contributed by atoms with Gasteiger partial charge in [-0.15, -0.1) is 10.2 Å². The van der Waals surface area contributed by atoms with Gasteiger partial charge in [0.25, 0.3) is 5.22 Å². The molecule has 0 saturated heterocycles. The number of carbonyl (C=O) groups excluding carboxylic acids is 1. The van der Waals surface area contributed by atoms with Crippen LogP contribution in [0.2, 0.25) is 0 Å². The van der Waals surface area contributed by atoms with Gasteiger partial charge in [-0.3, -0.25) is 4.79 Å². The quantitative estimate of drug-likeness (QED) is 0.342. The van der Waals surface area contributed by atoms with Crippen molar-refractivity contribution in [1.29, 1.82) is 0 Å². The van der Waals surface area contributed by atoms with Crippen LogP contribution in [0.5, 0.6) is 0 Å². The number of hydrogen-bond acceptors (Lipinski definition) is 8. The Balaban J connectivity index is 1.33. The molecule has 0 aliphatic heterocycles. The Morgan fingerprint density at radius 2 is 1.88 bits per heavy atom. The van der Waals surface area contributed by atoms with Crippen molar-refractivity contribution in [2.45, 2.75) is 16.7 Å². The van der Waals surface area contributed by atoms with Gasteiger partial charge in [-0.05, 0) is 54.6 Å². The van der Waals surface area contributed by atoms with Crippen LogP contribution in [-0.4, -0.2) is 30.3 Å². The summed E-state index contributed by atoms with van der Waals surface area (Å²) >= 11 is 1.02. The Kier molecular flexibility index (Phi) is 6.87. The predicted octanol–water partition coefficient (Wildman–Crippen LogP) is 3.68. The lowest BCUT2D eigenvalue weighted by Gasteiger charge is -2.08. The van der Waals surface area contributed by atoms with Gasteiger partial charge in [-0.2, -0.15) is 0 Å². The molecule has 0 aliphatic rings. The minimum absolute atomic E-state index is 0.000324. The SMILES string of the molecule is O=C(CSc1nnc(-c2ccc(F)cc2)o1)Nc1cccc(S(=O)(=O)NCc2ccco2)c1. The maximum atomic E-state index is 13.0. The number of nitrogens with one attached hydrogen (secondary N) is 2. The summed E-state index contributed by atoms with van der Waals surface area (Å²) in [6.45, 7) is 0.00660. The van der Waals surface area contributed by atoms with E-state index < -0.39 is 10.0 Å². The Bertz CT molecular complexity index is 1340. The Hall–Kier alpha value is -3.48. The van der Waals surface area contributed by atoms with Gasteiger partial charge in [0.2, 0.25) is 21.8 Å². The second-order valence-corrected chi connectivity index (χ2v) is 9.34. The summed E-state index contributed by atoms with van der Waals surface area (Å²) in [6, 6.07) is 14.8. The topological polar surface area (TPSA) is 127 Å². The molecule has 0 bridgehead atoms. The maximum Gasteiger partial charge on any atom is 0.277 e. The number of amides is 1. The maximum absolute atomic E-state index is 13.0. The van der Waals surface area contributed by atoms with E-state index in [1.54, 1.807) is 18.2 Å². The summed E-state index contributed by atoms with van der Waals surface area (Å²) in [6.07, 6.45) is 1.45. The molecule has 4 aromatic rings. The van der Waals surface area contributed by atoms with Crippen molar-refractivity contribution < 1.29 is 26.4 Å². The average molecular weight is 489 g/mol. The van der Waals surface area contributed by atoms with E-state index in [0.29, 0.717) is 17.0 Å². The number of benzene rings is 2. The molecule has 9 nitrogen and oxygen atoms in total. The molecule has 0 atom stereocenters. The molecule has 0 fully saturated rings. The first-order chi connectivity index (χ1) is 15.9. The van der Waals surface area contributed by atoms with Crippen LogP contribution in [0.3, 0.4) is 0 Å². The number of rotatable bonds is 9. The van der Waals surface area contributed by atoms with Gasteiger partial charge >= 0.3 is 0 Å². The van der Waals surface area contributed by atoms with Crippen LogP contribution < -0.4 is 10.0 Å². The number of sulfonamides is 1. The van der Waals surface area contributed by atoms with Crippen molar-refractivity contribution in [3.63, 3.8) is 0 Å². The summed E-state index contributed by atoms with van der Waals surface area (Å²) < 4.78 is 51.0. The zero-order chi connectivity index (χ0) is 23.3. The third kappa shape index (κ3) is 6.06. The van der Waals surface area contributed by atoms with Gasteiger partial charge in [-0.25, -0.2) is 17.5 Å². The van der Waals surface area contributed by atoms with Gasteiger partial charge in [0.1, 0.15) is 11.6 Å². The predicted molar refractivity (Wildman–Crippen MR) is 118 cm³/mol. The minimum Gasteiger partial charge on any atom is -0.468 e. The number of thioether (sulfide) groups is 1. The molecule has 2 aromatic heterocycles. The molecule has 2 aromatic carbocycles. The number of carbonyl (C=O) groups is 1. The largest absolute Gasteiger partial charge is 0.468 e. The van der Waals surface area contributed by atoms with E-state index in [0.717, 1.165) is 11.8 Å². The highest BCUT2D eigenvalue weighted by atomic mass is 32.2. The van der Waals surface area contributed by atoms with E-state index >= 15 is 0 Å². The Morgan fingerprint density at radius 1 is 1.06 bits per heavy atom. The zero-order valence-corrected chi connectivity index (χ0v) is 18.5. The molecule has 170 valence electrons. The summed E-state index contributed by atoms with van der Waals surface area (Å²) in [5, 5.41) is 10.5. The standard InChI is InChI=1S/C21H17FN4O5S2/c22-15-8-6-14(7-9-15)20-25-26-21(31-20)32-13-19(27)24-16-3-1-5-18(11-16)33(28,29)23-12-17-4-2-10-30-17/h1-11,23H,12-13H2,(H,24,27). The number of aromatic nitrogens is 2. The molecule has 1 amide bonds. The van der Waals surface area contributed by atoms with E-state index in [1.807, 2.05) is 0 Å². The molecule has 0 radical (unpaired) electrons.